The summed E-state index contributed by atoms with van der Waals surface area (Å²) in [6.07, 6.45) is 5.78. The maximum absolute atomic E-state index is 15.1. The largest absolute Gasteiger partial charge is 0.493 e. The van der Waals surface area contributed by atoms with Gasteiger partial charge in [-0.15, -0.1) is 0 Å². The van der Waals surface area contributed by atoms with Gasteiger partial charge in [-0.3, -0.25) is 9.48 Å². The highest BCUT2D eigenvalue weighted by Gasteiger charge is 2.32. The number of nitrogens with zero attached hydrogens (tertiary/aromatic N) is 6. The van der Waals surface area contributed by atoms with Crippen molar-refractivity contribution in [3.05, 3.63) is 40.4 Å². The van der Waals surface area contributed by atoms with Gasteiger partial charge in [0, 0.05) is 57.3 Å². The standard InChI is InChI=1S/C45H64N6O8/c1-30-12-13-35(57-30)39-38-40(33-26-36(55-8)37(27-34(33)46-39)56-25-11-20-47-18-9-10-19-47)50(28-31-14-21-48(22-15-31)42(53)58-44(2,3)4)51(41(38)52)29-32-16-23-49(24-17-32)43(54)59-45(5,6)7/h12-13,26-27,31-32H,9-11,14-25,28-29H2,1-8H3. The van der Waals surface area contributed by atoms with Crippen LogP contribution < -0.4 is 15.0 Å². The second kappa shape index (κ2) is 17.5. The predicted molar refractivity (Wildman–Crippen MR) is 227 cm³/mol. The van der Waals surface area contributed by atoms with Gasteiger partial charge >= 0.3 is 12.2 Å². The van der Waals surface area contributed by atoms with Gasteiger partial charge in [-0.05, 0) is 137 Å². The number of likely N-dealkylation sites (tertiary alicyclic amines) is 3. The van der Waals surface area contributed by atoms with Gasteiger partial charge in [0.2, 0.25) is 0 Å². The molecule has 59 heavy (non-hydrogen) atoms. The average Bonchev–Trinajstić information content (AvgIpc) is 3.93. The predicted octanol–water partition coefficient (Wildman–Crippen LogP) is 8.09. The second-order valence-corrected chi connectivity index (χ2v) is 18.7. The first kappa shape index (κ1) is 42.4. The first-order chi connectivity index (χ1) is 28.1. The van der Waals surface area contributed by atoms with E-state index in [1.54, 1.807) is 16.9 Å². The lowest BCUT2D eigenvalue weighted by molar-refractivity contribution is 0.0157. The number of piperidine rings is 2. The maximum Gasteiger partial charge on any atom is 0.410 e. The normalized spacial score (nSPS) is 17.6. The van der Waals surface area contributed by atoms with Crippen LogP contribution in [0.1, 0.15) is 92.2 Å². The van der Waals surface area contributed by atoms with Crippen LogP contribution in [0.5, 0.6) is 11.5 Å². The molecule has 2 amide bonds. The van der Waals surface area contributed by atoms with Crippen molar-refractivity contribution in [3.8, 4) is 23.0 Å². The molecule has 6 heterocycles. The Hall–Kier alpha value is -4.72. The van der Waals surface area contributed by atoms with Crippen molar-refractivity contribution in [1.82, 2.24) is 29.0 Å². The molecular formula is C45H64N6O8. The Labute approximate surface area is 347 Å². The number of benzene rings is 1. The smallest absolute Gasteiger partial charge is 0.410 e. The van der Waals surface area contributed by atoms with Gasteiger partial charge in [0.05, 0.1) is 30.1 Å². The van der Waals surface area contributed by atoms with E-state index in [0.717, 1.165) is 68.4 Å². The van der Waals surface area contributed by atoms with Crippen LogP contribution in [0.3, 0.4) is 0 Å². The highest BCUT2D eigenvalue weighted by atomic mass is 16.6. The molecule has 14 heteroatoms. The van der Waals surface area contributed by atoms with Crippen molar-refractivity contribution in [2.75, 3.05) is 59.5 Å². The van der Waals surface area contributed by atoms with Gasteiger partial charge in [0.25, 0.3) is 5.56 Å². The lowest BCUT2D eigenvalue weighted by atomic mass is 9.96. The highest BCUT2D eigenvalue weighted by molar-refractivity contribution is 6.09. The summed E-state index contributed by atoms with van der Waals surface area (Å²) in [7, 11) is 1.64. The number of hydrogen-bond acceptors (Lipinski definition) is 10. The Morgan fingerprint density at radius 1 is 0.797 bits per heavy atom. The van der Waals surface area contributed by atoms with Gasteiger partial charge in [0.15, 0.2) is 17.3 Å². The van der Waals surface area contributed by atoms with E-state index in [0.29, 0.717) is 79.7 Å². The second-order valence-electron chi connectivity index (χ2n) is 18.7. The number of rotatable bonds is 11. The molecule has 0 radical (unpaired) electrons. The average molecular weight is 817 g/mol. The van der Waals surface area contributed by atoms with E-state index in [-0.39, 0.29) is 29.6 Å². The molecule has 0 saturated carbocycles. The molecule has 3 fully saturated rings. The number of hydrogen-bond donors (Lipinski definition) is 0. The number of carbonyl (C=O) groups is 2. The molecule has 322 valence electrons. The van der Waals surface area contributed by atoms with E-state index in [1.165, 1.54) is 12.8 Å². The molecule has 0 unspecified atom stereocenters. The van der Waals surface area contributed by atoms with Crippen LogP contribution in [-0.2, 0) is 22.6 Å². The third kappa shape index (κ3) is 10.0. The Kier molecular flexibility index (Phi) is 12.6. The van der Waals surface area contributed by atoms with E-state index in [1.807, 2.05) is 77.4 Å². The molecule has 3 saturated heterocycles. The first-order valence-corrected chi connectivity index (χ1v) is 21.6. The number of furan rings is 1. The number of pyridine rings is 1. The van der Waals surface area contributed by atoms with Crippen LogP contribution in [0, 0.1) is 18.8 Å². The van der Waals surface area contributed by atoms with E-state index < -0.39 is 11.2 Å². The number of fused-ring (bicyclic) bond motifs is 3. The Balaban J connectivity index is 1.27. The van der Waals surface area contributed by atoms with Crippen LogP contribution in [0.4, 0.5) is 9.59 Å². The number of methoxy groups -OCH3 is 1. The summed E-state index contributed by atoms with van der Waals surface area (Å²) in [4.78, 5) is 52.2. The third-order valence-corrected chi connectivity index (χ3v) is 11.7. The number of carbonyl (C=O) groups excluding carboxylic acids is 2. The van der Waals surface area contributed by atoms with Crippen molar-refractivity contribution in [2.45, 2.75) is 118 Å². The molecule has 0 N–H and O–H groups in total. The summed E-state index contributed by atoms with van der Waals surface area (Å²) in [6, 6.07) is 7.66. The van der Waals surface area contributed by atoms with Crippen LogP contribution in [0.15, 0.2) is 33.5 Å². The van der Waals surface area contributed by atoms with E-state index >= 15 is 4.79 Å². The molecule has 0 spiro atoms. The summed E-state index contributed by atoms with van der Waals surface area (Å²) >= 11 is 0. The molecule has 0 aliphatic carbocycles. The molecule has 3 aliphatic heterocycles. The fraction of sp³-hybridized carbons (Fsp3) is 0.644. The van der Waals surface area contributed by atoms with Gasteiger partial charge in [-0.2, -0.15) is 0 Å². The Bertz CT molecular complexity index is 2170. The van der Waals surface area contributed by atoms with Crippen molar-refractivity contribution in [2.24, 2.45) is 11.8 Å². The molecule has 1 aromatic carbocycles. The minimum absolute atomic E-state index is 0.138. The zero-order chi connectivity index (χ0) is 42.1. The lowest BCUT2D eigenvalue weighted by Crippen LogP contribution is -2.43. The zero-order valence-electron chi connectivity index (χ0n) is 36.4. The van der Waals surface area contributed by atoms with Gasteiger partial charge < -0.3 is 38.1 Å². The number of aryl methyl sites for hydroxylation is 1. The lowest BCUT2D eigenvalue weighted by Gasteiger charge is -2.35. The van der Waals surface area contributed by atoms with Gasteiger partial charge in [0.1, 0.15) is 22.7 Å². The van der Waals surface area contributed by atoms with Gasteiger partial charge in [-0.1, -0.05) is 0 Å². The van der Waals surface area contributed by atoms with Crippen LogP contribution in [-0.4, -0.2) is 112 Å². The van der Waals surface area contributed by atoms with Crippen LogP contribution >= 0.6 is 0 Å². The summed E-state index contributed by atoms with van der Waals surface area (Å²) in [5, 5.41) is 1.28. The summed E-state index contributed by atoms with van der Waals surface area (Å²) in [5.74, 6) is 2.76. The van der Waals surface area contributed by atoms with E-state index in [2.05, 4.69) is 9.58 Å². The zero-order valence-corrected chi connectivity index (χ0v) is 36.4. The minimum Gasteiger partial charge on any atom is -0.493 e. The van der Waals surface area contributed by atoms with Gasteiger partial charge in [-0.25, -0.2) is 19.3 Å². The molecule has 3 aliphatic rings. The van der Waals surface area contributed by atoms with E-state index in [4.69, 9.17) is 28.3 Å². The van der Waals surface area contributed by atoms with E-state index in [9.17, 15) is 9.59 Å². The number of aromatic nitrogens is 3. The summed E-state index contributed by atoms with van der Waals surface area (Å²) in [6.45, 7) is 20.3. The van der Waals surface area contributed by atoms with Crippen molar-refractivity contribution in [1.29, 1.82) is 0 Å². The number of ether oxygens (including phenoxy) is 4. The van der Waals surface area contributed by atoms with Crippen molar-refractivity contribution in [3.63, 3.8) is 0 Å². The molecular weight excluding hydrogens is 753 g/mol. The molecule has 3 aromatic heterocycles. The summed E-state index contributed by atoms with van der Waals surface area (Å²) in [5.41, 5.74) is 0.644. The molecule has 4 aromatic rings. The topological polar surface area (TPSA) is 134 Å². The fourth-order valence-electron chi connectivity index (χ4n) is 8.68. The first-order valence-electron chi connectivity index (χ1n) is 21.6. The Morgan fingerprint density at radius 2 is 1.37 bits per heavy atom. The minimum atomic E-state index is -0.574. The fourth-order valence-corrected chi connectivity index (χ4v) is 8.68. The summed E-state index contributed by atoms with van der Waals surface area (Å²) < 4.78 is 34.0. The maximum atomic E-state index is 15.1. The Morgan fingerprint density at radius 3 is 1.90 bits per heavy atom. The third-order valence-electron chi connectivity index (χ3n) is 11.7. The monoisotopic (exact) mass is 816 g/mol. The number of amides is 2. The molecule has 14 nitrogen and oxygen atoms in total. The molecule has 7 rings (SSSR count). The SMILES string of the molecule is COc1cc2c(cc1OCCCN1CCCC1)nc(-c1ccc(C)o1)c1c(=O)n(CC3CCN(C(=O)OC(C)(C)C)CC3)n(CC3CCN(C(=O)OC(C)(C)C)CC3)c12. The van der Waals surface area contributed by atoms with Crippen molar-refractivity contribution >= 4 is 34.0 Å². The van der Waals surface area contributed by atoms with Crippen molar-refractivity contribution < 1.29 is 33.0 Å². The molecule has 0 bridgehead atoms. The van der Waals surface area contributed by atoms with Crippen LogP contribution in [0.2, 0.25) is 0 Å². The highest BCUT2D eigenvalue weighted by Crippen LogP contribution is 2.39. The van der Waals surface area contributed by atoms with Crippen LogP contribution in [0.25, 0.3) is 33.3 Å². The molecule has 0 atom stereocenters. The quantitative estimate of drug-likeness (QED) is 0.137.